The molecule has 2 heterocycles. The summed E-state index contributed by atoms with van der Waals surface area (Å²) in [7, 11) is 4.93. The quantitative estimate of drug-likeness (QED) is 0.584. The van der Waals surface area contributed by atoms with Crippen LogP contribution in [0, 0.1) is 6.92 Å². The van der Waals surface area contributed by atoms with Crippen LogP contribution in [0.25, 0.3) is 0 Å². The summed E-state index contributed by atoms with van der Waals surface area (Å²) in [5, 5.41) is 6.92. The third kappa shape index (κ3) is 4.82. The minimum atomic E-state index is -0.499. The van der Waals surface area contributed by atoms with Gasteiger partial charge in [0.05, 0.1) is 11.4 Å². The van der Waals surface area contributed by atoms with Gasteiger partial charge in [0.15, 0.2) is 17.2 Å². The van der Waals surface area contributed by atoms with Gasteiger partial charge in [-0.2, -0.15) is 5.10 Å². The number of nitrogens with one attached hydrogen (secondary N) is 1. The molecule has 162 valence electrons. The molecule has 0 saturated carbocycles. The van der Waals surface area contributed by atoms with Crippen molar-refractivity contribution in [1.29, 1.82) is 0 Å². The number of nitrogens with zero attached hydrogens (tertiary/aromatic N) is 3. The van der Waals surface area contributed by atoms with Crippen molar-refractivity contribution in [2.75, 3.05) is 19.4 Å². The number of hydrogen-bond donors (Lipinski definition) is 1. The summed E-state index contributed by atoms with van der Waals surface area (Å²) in [6, 6.07) is 9.93. The predicted octanol–water partition coefficient (Wildman–Crippen LogP) is 3.06. The number of amides is 2. The highest BCUT2D eigenvalue weighted by molar-refractivity contribution is 6.07. The molecule has 2 amide bonds. The maximum atomic E-state index is 12.7. The molecular weight excluding hydrogens is 400 g/mol. The Hall–Kier alpha value is -3.88. The molecule has 0 bridgehead atoms. The van der Waals surface area contributed by atoms with Gasteiger partial charge in [0, 0.05) is 26.7 Å². The van der Waals surface area contributed by atoms with E-state index in [-0.39, 0.29) is 29.8 Å². The fraction of sp³-hybridized carbons (Fsp3) is 0.273. The maximum absolute atomic E-state index is 12.7. The summed E-state index contributed by atoms with van der Waals surface area (Å²) in [5.74, 6) is 0.271. The number of ketones is 1. The molecule has 0 saturated heterocycles. The van der Waals surface area contributed by atoms with Gasteiger partial charge in [-0.3, -0.25) is 19.1 Å². The molecule has 0 radical (unpaired) electrons. The van der Waals surface area contributed by atoms with Crippen LogP contribution in [0.1, 0.15) is 49.8 Å². The Bertz CT molecular complexity index is 1130. The zero-order valence-electron chi connectivity index (χ0n) is 18.1. The van der Waals surface area contributed by atoms with Crippen LogP contribution in [0.5, 0.6) is 5.75 Å². The summed E-state index contributed by atoms with van der Waals surface area (Å²) in [5.41, 5.74) is 1.73. The zero-order chi connectivity index (χ0) is 22.7. The molecule has 3 aromatic rings. The van der Waals surface area contributed by atoms with Crippen molar-refractivity contribution in [2.45, 2.75) is 20.5 Å². The van der Waals surface area contributed by atoms with Crippen LogP contribution < -0.4 is 10.1 Å². The average molecular weight is 424 g/mol. The van der Waals surface area contributed by atoms with Gasteiger partial charge in [0.1, 0.15) is 18.1 Å². The lowest BCUT2D eigenvalue weighted by molar-refractivity contribution is 0.0822. The van der Waals surface area contributed by atoms with Crippen LogP contribution in [-0.4, -0.2) is 46.4 Å². The topological polar surface area (TPSA) is 107 Å². The largest absolute Gasteiger partial charge is 0.486 e. The Morgan fingerprint density at radius 1 is 1.13 bits per heavy atom. The highest BCUT2D eigenvalue weighted by atomic mass is 16.5. The number of carbonyl (C=O) groups is 3. The third-order valence-corrected chi connectivity index (χ3v) is 4.71. The van der Waals surface area contributed by atoms with Crippen molar-refractivity contribution in [2.24, 2.45) is 7.05 Å². The number of rotatable bonds is 7. The number of carbonyl (C=O) groups excluding carboxylic acids is 3. The first kappa shape index (κ1) is 21.8. The minimum Gasteiger partial charge on any atom is -0.486 e. The Balaban J connectivity index is 1.68. The number of aromatic nitrogens is 2. The molecule has 0 spiro atoms. The van der Waals surface area contributed by atoms with Crippen molar-refractivity contribution in [3.05, 3.63) is 64.9 Å². The molecule has 9 heteroatoms. The van der Waals surface area contributed by atoms with E-state index < -0.39 is 5.91 Å². The molecule has 0 fully saturated rings. The first-order valence-corrected chi connectivity index (χ1v) is 9.56. The van der Waals surface area contributed by atoms with Gasteiger partial charge in [0.25, 0.3) is 11.8 Å². The number of benzene rings is 1. The van der Waals surface area contributed by atoms with Gasteiger partial charge in [-0.05, 0) is 50.2 Å². The lowest BCUT2D eigenvalue weighted by Gasteiger charge is -2.10. The highest BCUT2D eigenvalue weighted by Gasteiger charge is 2.24. The van der Waals surface area contributed by atoms with Crippen molar-refractivity contribution in [3.63, 3.8) is 0 Å². The van der Waals surface area contributed by atoms with E-state index in [0.29, 0.717) is 28.5 Å². The number of Topliss-reactive ketones (excluding diaryl/α,β-unsaturated/α-hetero) is 1. The van der Waals surface area contributed by atoms with Crippen LogP contribution >= 0.6 is 0 Å². The van der Waals surface area contributed by atoms with Crippen molar-refractivity contribution in [1.82, 2.24) is 14.7 Å². The molecule has 3 rings (SSSR count). The van der Waals surface area contributed by atoms with E-state index >= 15 is 0 Å². The Morgan fingerprint density at radius 2 is 1.81 bits per heavy atom. The van der Waals surface area contributed by atoms with E-state index in [9.17, 15) is 14.4 Å². The fourth-order valence-corrected chi connectivity index (χ4v) is 2.81. The van der Waals surface area contributed by atoms with E-state index in [1.165, 1.54) is 22.6 Å². The molecule has 9 nitrogen and oxygen atoms in total. The van der Waals surface area contributed by atoms with E-state index in [1.54, 1.807) is 58.4 Å². The van der Waals surface area contributed by atoms with Gasteiger partial charge < -0.3 is 19.4 Å². The third-order valence-electron chi connectivity index (χ3n) is 4.71. The first-order valence-electron chi connectivity index (χ1n) is 9.56. The molecule has 0 aliphatic rings. The first-order chi connectivity index (χ1) is 14.7. The van der Waals surface area contributed by atoms with Gasteiger partial charge in [-0.25, -0.2) is 0 Å². The summed E-state index contributed by atoms with van der Waals surface area (Å²) in [6.45, 7) is 3.37. The average Bonchev–Trinajstić information content (AvgIpc) is 3.32. The van der Waals surface area contributed by atoms with Crippen molar-refractivity contribution >= 4 is 23.3 Å². The van der Waals surface area contributed by atoms with Crippen LogP contribution in [0.4, 0.5) is 5.69 Å². The van der Waals surface area contributed by atoms with Crippen molar-refractivity contribution in [3.8, 4) is 5.75 Å². The molecule has 2 aromatic heterocycles. The molecule has 1 aromatic carbocycles. The monoisotopic (exact) mass is 424 g/mol. The summed E-state index contributed by atoms with van der Waals surface area (Å²) >= 11 is 0. The maximum Gasteiger partial charge on any atom is 0.291 e. The zero-order valence-corrected chi connectivity index (χ0v) is 18.1. The molecule has 0 unspecified atom stereocenters. The minimum absolute atomic E-state index is 0.0208. The SMILES string of the molecule is CC(=O)c1ccc(OCc2ccc(C(=O)Nc3c(C(=O)N(C)C)nn(C)c3C)o2)cc1. The number of anilines is 1. The van der Waals surface area contributed by atoms with Gasteiger partial charge in [-0.15, -0.1) is 0 Å². The molecule has 1 N–H and O–H groups in total. The lowest BCUT2D eigenvalue weighted by atomic mass is 10.1. The number of hydrogen-bond acceptors (Lipinski definition) is 6. The van der Waals surface area contributed by atoms with E-state index in [0.717, 1.165) is 0 Å². The lowest BCUT2D eigenvalue weighted by Crippen LogP contribution is -2.24. The molecular formula is C22H24N4O5. The second-order valence-corrected chi connectivity index (χ2v) is 7.22. The summed E-state index contributed by atoms with van der Waals surface area (Å²) in [4.78, 5) is 37.8. The molecule has 0 atom stereocenters. The summed E-state index contributed by atoms with van der Waals surface area (Å²) < 4.78 is 12.8. The predicted molar refractivity (Wildman–Crippen MR) is 113 cm³/mol. The molecule has 31 heavy (non-hydrogen) atoms. The number of furan rings is 1. The second-order valence-electron chi connectivity index (χ2n) is 7.22. The van der Waals surface area contributed by atoms with Crippen LogP contribution in [-0.2, 0) is 13.7 Å². The summed E-state index contributed by atoms with van der Waals surface area (Å²) in [6.07, 6.45) is 0. The molecule has 0 aliphatic heterocycles. The van der Waals surface area contributed by atoms with Crippen LogP contribution in [0.15, 0.2) is 40.8 Å². The second kappa shape index (κ2) is 8.86. The Morgan fingerprint density at radius 3 is 2.42 bits per heavy atom. The standard InChI is InChI=1S/C22H24N4O5/c1-13-19(20(24-26(13)5)22(29)25(3)4)23-21(28)18-11-10-17(31-18)12-30-16-8-6-15(7-9-16)14(2)27/h6-11H,12H2,1-5H3,(H,23,28). The number of ether oxygens (including phenoxy) is 1. The van der Waals surface area contributed by atoms with E-state index in [4.69, 9.17) is 9.15 Å². The number of aryl methyl sites for hydroxylation is 1. The van der Waals surface area contributed by atoms with Gasteiger partial charge in [0.2, 0.25) is 0 Å². The highest BCUT2D eigenvalue weighted by Crippen LogP contribution is 2.22. The van der Waals surface area contributed by atoms with E-state index in [2.05, 4.69) is 10.4 Å². The van der Waals surface area contributed by atoms with Crippen LogP contribution in [0.2, 0.25) is 0 Å². The molecule has 0 aliphatic carbocycles. The van der Waals surface area contributed by atoms with Gasteiger partial charge in [-0.1, -0.05) is 0 Å². The van der Waals surface area contributed by atoms with Gasteiger partial charge >= 0.3 is 0 Å². The van der Waals surface area contributed by atoms with E-state index in [1.807, 2.05) is 0 Å². The normalized spacial score (nSPS) is 10.6. The Kier molecular flexibility index (Phi) is 6.24. The fourth-order valence-electron chi connectivity index (χ4n) is 2.81. The smallest absolute Gasteiger partial charge is 0.291 e. The van der Waals surface area contributed by atoms with Crippen LogP contribution in [0.3, 0.4) is 0 Å². The van der Waals surface area contributed by atoms with Crippen molar-refractivity contribution < 1.29 is 23.5 Å². The Labute approximate surface area is 179 Å².